The standard InChI is InChI=1S/C32H41N3O5S/c1-6-28(32(37)33-22-24(2)3)34(21-20-26-12-8-7-9-13-26)31(36)23-35(29-14-10-11-15-30(29)40-5)41(38,39)27-18-16-25(4)17-19-27/h7-19,24,28H,6,20-23H2,1-5H3,(H,33,37)/t28-/m1/s1. The van der Waals surface area contributed by atoms with Gasteiger partial charge in [-0.3, -0.25) is 13.9 Å². The van der Waals surface area contributed by atoms with E-state index in [0.29, 0.717) is 25.1 Å². The summed E-state index contributed by atoms with van der Waals surface area (Å²) in [4.78, 5) is 29.0. The lowest BCUT2D eigenvalue weighted by molar-refractivity contribution is -0.139. The summed E-state index contributed by atoms with van der Waals surface area (Å²) >= 11 is 0. The molecule has 220 valence electrons. The van der Waals surface area contributed by atoms with Crippen LogP contribution in [-0.2, 0) is 26.0 Å². The highest BCUT2D eigenvalue weighted by molar-refractivity contribution is 7.92. The second-order valence-electron chi connectivity index (χ2n) is 10.4. The van der Waals surface area contributed by atoms with Gasteiger partial charge in [0.1, 0.15) is 18.3 Å². The van der Waals surface area contributed by atoms with E-state index in [-0.39, 0.29) is 29.0 Å². The van der Waals surface area contributed by atoms with Crippen LogP contribution in [0, 0.1) is 12.8 Å². The number of nitrogens with one attached hydrogen (secondary N) is 1. The minimum absolute atomic E-state index is 0.0550. The molecule has 1 atom stereocenters. The number of para-hydroxylation sites is 2. The minimum atomic E-state index is -4.17. The largest absolute Gasteiger partial charge is 0.495 e. The zero-order valence-electron chi connectivity index (χ0n) is 24.5. The second-order valence-corrected chi connectivity index (χ2v) is 12.2. The molecule has 3 aromatic rings. The van der Waals surface area contributed by atoms with E-state index in [1.165, 1.54) is 24.1 Å². The lowest BCUT2D eigenvalue weighted by Crippen LogP contribution is -2.53. The molecule has 8 nitrogen and oxygen atoms in total. The van der Waals surface area contributed by atoms with E-state index < -0.39 is 28.5 Å². The molecule has 41 heavy (non-hydrogen) atoms. The summed E-state index contributed by atoms with van der Waals surface area (Å²) in [6, 6.07) is 22.1. The van der Waals surface area contributed by atoms with E-state index in [1.54, 1.807) is 36.4 Å². The molecule has 0 spiro atoms. The molecule has 0 radical (unpaired) electrons. The number of aryl methyl sites for hydroxylation is 1. The first-order valence-electron chi connectivity index (χ1n) is 13.9. The monoisotopic (exact) mass is 579 g/mol. The Morgan fingerprint density at radius 2 is 1.56 bits per heavy atom. The van der Waals surface area contributed by atoms with E-state index in [1.807, 2.05) is 58.0 Å². The van der Waals surface area contributed by atoms with Crippen molar-refractivity contribution < 1.29 is 22.7 Å². The fourth-order valence-electron chi connectivity index (χ4n) is 4.51. The number of sulfonamides is 1. The van der Waals surface area contributed by atoms with E-state index in [2.05, 4.69) is 5.32 Å². The van der Waals surface area contributed by atoms with Crippen LogP contribution in [0.2, 0.25) is 0 Å². The predicted molar refractivity (Wildman–Crippen MR) is 162 cm³/mol. The summed E-state index contributed by atoms with van der Waals surface area (Å²) in [6.45, 7) is 7.95. The molecule has 3 rings (SSSR count). The Morgan fingerprint density at radius 1 is 0.927 bits per heavy atom. The van der Waals surface area contributed by atoms with Crippen LogP contribution in [0.15, 0.2) is 83.8 Å². The molecule has 0 aliphatic rings. The fraction of sp³-hybridized carbons (Fsp3) is 0.375. The SMILES string of the molecule is CC[C@H](C(=O)NCC(C)C)N(CCc1ccccc1)C(=O)CN(c1ccccc1OC)S(=O)(=O)c1ccc(C)cc1. The molecular weight excluding hydrogens is 538 g/mol. The highest BCUT2D eigenvalue weighted by Crippen LogP contribution is 2.32. The molecule has 2 amide bonds. The Hall–Kier alpha value is -3.85. The first kappa shape index (κ1) is 31.7. The Balaban J connectivity index is 2.03. The van der Waals surface area contributed by atoms with Gasteiger partial charge < -0.3 is 15.0 Å². The van der Waals surface area contributed by atoms with Crippen LogP contribution in [0.25, 0.3) is 0 Å². The smallest absolute Gasteiger partial charge is 0.264 e. The quantitative estimate of drug-likeness (QED) is 0.295. The predicted octanol–water partition coefficient (Wildman–Crippen LogP) is 4.82. The third kappa shape index (κ3) is 8.33. The molecule has 0 aliphatic heterocycles. The van der Waals surface area contributed by atoms with Crippen molar-refractivity contribution in [2.45, 2.75) is 51.5 Å². The van der Waals surface area contributed by atoms with E-state index in [4.69, 9.17) is 4.74 Å². The maximum Gasteiger partial charge on any atom is 0.264 e. The van der Waals surface area contributed by atoms with Crippen molar-refractivity contribution in [3.63, 3.8) is 0 Å². The average molecular weight is 580 g/mol. The second kappa shape index (κ2) is 14.7. The van der Waals surface area contributed by atoms with Crippen molar-refractivity contribution in [1.82, 2.24) is 10.2 Å². The first-order valence-corrected chi connectivity index (χ1v) is 15.4. The zero-order valence-corrected chi connectivity index (χ0v) is 25.4. The number of ether oxygens (including phenoxy) is 1. The fourth-order valence-corrected chi connectivity index (χ4v) is 5.93. The zero-order chi connectivity index (χ0) is 30.0. The number of anilines is 1. The Labute approximate surface area is 244 Å². The lowest BCUT2D eigenvalue weighted by atomic mass is 10.1. The molecule has 3 aromatic carbocycles. The van der Waals surface area contributed by atoms with Gasteiger partial charge in [-0.05, 0) is 55.5 Å². The van der Waals surface area contributed by atoms with Crippen LogP contribution in [0.5, 0.6) is 5.75 Å². The summed E-state index contributed by atoms with van der Waals surface area (Å²) < 4.78 is 34.6. The molecule has 1 N–H and O–H groups in total. The molecular formula is C32H41N3O5S. The van der Waals surface area contributed by atoms with Gasteiger partial charge >= 0.3 is 0 Å². The van der Waals surface area contributed by atoms with Gasteiger partial charge in [0, 0.05) is 13.1 Å². The van der Waals surface area contributed by atoms with Crippen molar-refractivity contribution in [1.29, 1.82) is 0 Å². The van der Waals surface area contributed by atoms with Gasteiger partial charge in [-0.15, -0.1) is 0 Å². The van der Waals surface area contributed by atoms with Crippen molar-refractivity contribution in [3.8, 4) is 5.75 Å². The van der Waals surface area contributed by atoms with Crippen LogP contribution in [0.1, 0.15) is 38.3 Å². The van der Waals surface area contributed by atoms with Crippen molar-refractivity contribution >= 4 is 27.5 Å². The van der Waals surface area contributed by atoms with Gasteiger partial charge in [-0.2, -0.15) is 0 Å². The van der Waals surface area contributed by atoms with Gasteiger partial charge in [0.05, 0.1) is 17.7 Å². The van der Waals surface area contributed by atoms with E-state index >= 15 is 0 Å². The maximum absolute atomic E-state index is 14.1. The number of amides is 2. The third-order valence-corrected chi connectivity index (χ3v) is 8.57. The minimum Gasteiger partial charge on any atom is -0.495 e. The van der Waals surface area contributed by atoms with Crippen LogP contribution >= 0.6 is 0 Å². The molecule has 0 heterocycles. The number of carbonyl (C=O) groups excluding carboxylic acids is 2. The number of hydrogen-bond acceptors (Lipinski definition) is 5. The van der Waals surface area contributed by atoms with Crippen molar-refractivity contribution in [2.75, 3.05) is 31.0 Å². The third-order valence-electron chi connectivity index (χ3n) is 6.80. The molecule has 0 aliphatic carbocycles. The topological polar surface area (TPSA) is 96.0 Å². The normalized spacial score (nSPS) is 12.0. The van der Waals surface area contributed by atoms with Crippen molar-refractivity contribution in [2.24, 2.45) is 5.92 Å². The summed E-state index contributed by atoms with van der Waals surface area (Å²) in [7, 11) is -2.71. The summed E-state index contributed by atoms with van der Waals surface area (Å²) in [5, 5.41) is 2.95. The maximum atomic E-state index is 14.1. The van der Waals surface area contributed by atoms with Crippen LogP contribution in [0.3, 0.4) is 0 Å². The van der Waals surface area contributed by atoms with Gasteiger partial charge in [0.25, 0.3) is 10.0 Å². The highest BCUT2D eigenvalue weighted by atomic mass is 32.2. The molecule has 0 aromatic heterocycles. The van der Waals surface area contributed by atoms with Gasteiger partial charge in [-0.1, -0.05) is 80.9 Å². The van der Waals surface area contributed by atoms with Crippen LogP contribution in [0.4, 0.5) is 5.69 Å². The Morgan fingerprint density at radius 3 is 2.17 bits per heavy atom. The molecule has 0 bridgehead atoms. The van der Waals surface area contributed by atoms with Crippen LogP contribution < -0.4 is 14.4 Å². The molecule has 0 fully saturated rings. The highest BCUT2D eigenvalue weighted by Gasteiger charge is 2.34. The Bertz CT molecular complexity index is 1390. The van der Waals surface area contributed by atoms with Gasteiger partial charge in [0.15, 0.2) is 0 Å². The first-order chi connectivity index (χ1) is 19.6. The van der Waals surface area contributed by atoms with Gasteiger partial charge in [-0.25, -0.2) is 8.42 Å². The molecule has 9 heteroatoms. The number of carbonyl (C=O) groups is 2. The molecule has 0 unspecified atom stereocenters. The van der Waals surface area contributed by atoms with E-state index in [0.717, 1.165) is 15.4 Å². The Kier molecular flexibility index (Phi) is 11.3. The average Bonchev–Trinajstić information content (AvgIpc) is 2.97. The number of benzene rings is 3. The number of rotatable bonds is 14. The number of hydrogen-bond donors (Lipinski definition) is 1. The van der Waals surface area contributed by atoms with Crippen molar-refractivity contribution in [3.05, 3.63) is 90.0 Å². The molecule has 0 saturated heterocycles. The summed E-state index contributed by atoms with van der Waals surface area (Å²) in [6.07, 6.45) is 0.893. The molecule has 0 saturated carbocycles. The number of methoxy groups -OCH3 is 1. The lowest BCUT2D eigenvalue weighted by Gasteiger charge is -2.33. The van der Waals surface area contributed by atoms with Gasteiger partial charge in [0.2, 0.25) is 11.8 Å². The summed E-state index contributed by atoms with van der Waals surface area (Å²) in [5.74, 6) is -0.180. The van der Waals surface area contributed by atoms with E-state index in [9.17, 15) is 18.0 Å². The summed E-state index contributed by atoms with van der Waals surface area (Å²) in [5.41, 5.74) is 2.16. The van der Waals surface area contributed by atoms with Crippen LogP contribution in [-0.4, -0.2) is 57.9 Å². The number of nitrogens with zero attached hydrogens (tertiary/aromatic N) is 2.